The first-order valence-electron chi connectivity index (χ1n) is 21.8. The highest BCUT2D eigenvalue weighted by atomic mass is 28.3. The second-order valence-corrected chi connectivity index (χ2v) is 33.6. The topological polar surface area (TPSA) is 25.8 Å². The van der Waals surface area contributed by atoms with E-state index in [1.807, 2.05) is 0 Å². The van der Waals surface area contributed by atoms with Crippen LogP contribution in [-0.4, -0.2) is 26.1 Å². The van der Waals surface area contributed by atoms with Crippen LogP contribution in [0.4, 0.5) is 0 Å². The van der Waals surface area contributed by atoms with Crippen molar-refractivity contribution in [2.24, 2.45) is 21.7 Å². The molecule has 1 heterocycles. The van der Waals surface area contributed by atoms with Gasteiger partial charge in [-0.3, -0.25) is 0 Å². The molecule has 0 saturated heterocycles. The Kier molecular flexibility index (Phi) is 16.3. The molecule has 0 amide bonds. The molecule has 0 aliphatic heterocycles. The van der Waals surface area contributed by atoms with Gasteiger partial charge in [0.15, 0.2) is 0 Å². The molecule has 58 heavy (non-hydrogen) atoms. The van der Waals surface area contributed by atoms with Crippen molar-refractivity contribution in [1.29, 1.82) is 0 Å². The maximum absolute atomic E-state index is 5.57. The van der Waals surface area contributed by atoms with Crippen molar-refractivity contribution < 1.29 is 0 Å². The first kappa shape index (κ1) is 50.5. The lowest BCUT2D eigenvalue weighted by molar-refractivity contribution is 0.570. The number of hydrogen-bond acceptors (Lipinski definition) is 2. The first-order valence-corrected chi connectivity index (χ1v) is 26.3. The molecule has 2 rings (SSSR count). The van der Waals surface area contributed by atoms with Crippen LogP contribution in [0.2, 0.25) is 33.2 Å². The summed E-state index contributed by atoms with van der Waals surface area (Å²) < 4.78 is 0. The Hall–Kier alpha value is -3.65. The second kappa shape index (κ2) is 18.7. The molecule has 0 unspecified atom stereocenters. The Morgan fingerprint density at radius 2 is 0.534 bits per heavy atom. The third-order valence-corrected chi connectivity index (χ3v) is 23.5. The molecule has 2 nitrogen and oxygen atoms in total. The molecule has 0 saturated carbocycles. The number of nitrogens with zero attached hydrogens (tertiary/aromatic N) is 2. The quantitative estimate of drug-likeness (QED) is 0.215. The Labute approximate surface area is 360 Å². The van der Waals surface area contributed by atoms with Gasteiger partial charge in [0.1, 0.15) is 38.6 Å². The molecule has 0 atom stereocenters. The second-order valence-electron chi connectivity index (χ2n) is 22.4. The maximum atomic E-state index is 5.57. The van der Waals surface area contributed by atoms with Crippen molar-refractivity contribution in [2.75, 3.05) is 0 Å². The zero-order chi connectivity index (χ0) is 45.0. The van der Waals surface area contributed by atoms with E-state index in [0.717, 1.165) is 22.3 Å². The highest BCUT2D eigenvalue weighted by Gasteiger charge is 2.43. The summed E-state index contributed by atoms with van der Waals surface area (Å²) in [5.74, 6) is 36.0. The molecule has 312 valence electrons. The summed E-state index contributed by atoms with van der Waals surface area (Å²) in [6, 6.07) is 0. The lowest BCUT2D eigenvalue weighted by Crippen LogP contribution is -2.43. The van der Waals surface area contributed by atoms with Gasteiger partial charge >= 0.3 is 0 Å². The van der Waals surface area contributed by atoms with Gasteiger partial charge in [0.2, 0.25) is 0 Å². The lowest BCUT2D eigenvalue weighted by atomic mass is 9.88. The molecule has 4 heteroatoms. The van der Waals surface area contributed by atoms with Crippen LogP contribution in [-0.2, 0) is 0 Å². The van der Waals surface area contributed by atoms with Crippen LogP contribution >= 0.6 is 0 Å². The molecular weight excluding hydrogens is 733 g/mol. The summed E-state index contributed by atoms with van der Waals surface area (Å²) in [5.41, 5.74) is 15.1. The van der Waals surface area contributed by atoms with E-state index in [-0.39, 0.29) is 21.7 Å². The van der Waals surface area contributed by atoms with Gasteiger partial charge in [-0.2, -0.15) is 0 Å². The fraction of sp³-hybridized carbons (Fsp3) is 0.630. The van der Waals surface area contributed by atoms with Crippen LogP contribution in [0, 0.1) is 92.0 Å². The third-order valence-electron chi connectivity index (χ3n) is 10.9. The Balaban J connectivity index is 3.77. The van der Waals surface area contributed by atoms with E-state index in [1.165, 1.54) is 0 Å². The smallest absolute Gasteiger partial charge is 0.147 e. The van der Waals surface area contributed by atoms with Gasteiger partial charge in [-0.25, -0.2) is 9.97 Å². The molecular formula is C54H78N2Si2. The molecule has 0 aliphatic rings. The maximum Gasteiger partial charge on any atom is 0.147 e. The van der Waals surface area contributed by atoms with Crippen molar-refractivity contribution in [3.63, 3.8) is 0 Å². The predicted octanol–water partition coefficient (Wildman–Crippen LogP) is 14.4. The monoisotopic (exact) mass is 811 g/mol. The number of aromatic nitrogens is 2. The van der Waals surface area contributed by atoms with Crippen LogP contribution < -0.4 is 0 Å². The fourth-order valence-electron chi connectivity index (χ4n) is 8.14. The average Bonchev–Trinajstić information content (AvgIpc) is 3.02. The standard InChI is InChI=1S/C54H78N2Si2/c1-37(2)57(38(3)4,39(5)6)35-29-47-48(30-36-58(40(7)8,41(9)10)42(11)12)56-50-46(28-34-54(22,23)24)44(26-32-52(16,17)18)43(25-31-51(13,14)15)45(49(50)55-47)27-33-53(19,20)21/h37-42H,1-24H3. The predicted molar refractivity (Wildman–Crippen MR) is 261 cm³/mol. The van der Waals surface area contributed by atoms with E-state index < -0.39 is 16.1 Å². The van der Waals surface area contributed by atoms with Gasteiger partial charge in [-0.05, 0) is 116 Å². The van der Waals surface area contributed by atoms with Gasteiger partial charge in [-0.1, -0.05) is 142 Å². The van der Waals surface area contributed by atoms with Gasteiger partial charge in [-0.15, -0.1) is 11.1 Å². The minimum atomic E-state index is -2.15. The van der Waals surface area contributed by atoms with Crippen molar-refractivity contribution in [2.45, 2.75) is 199 Å². The minimum absolute atomic E-state index is 0.268. The van der Waals surface area contributed by atoms with Gasteiger partial charge < -0.3 is 0 Å². The third kappa shape index (κ3) is 12.7. The summed E-state index contributed by atoms with van der Waals surface area (Å²) in [4.78, 5) is 11.1. The fourth-order valence-corrected chi connectivity index (χ4v) is 18.5. The molecule has 0 aliphatic carbocycles. The van der Waals surface area contributed by atoms with Crippen LogP contribution in [0.5, 0.6) is 0 Å². The average molecular weight is 811 g/mol. The van der Waals surface area contributed by atoms with E-state index in [2.05, 4.69) is 236 Å². The number of hydrogen-bond donors (Lipinski definition) is 0. The summed E-state index contributed by atoms with van der Waals surface area (Å²) in [7, 11) is -4.31. The molecule has 0 radical (unpaired) electrons. The Morgan fingerprint density at radius 3 is 0.724 bits per heavy atom. The van der Waals surface area contributed by atoms with E-state index >= 15 is 0 Å². The van der Waals surface area contributed by atoms with Crippen molar-refractivity contribution in [1.82, 2.24) is 9.97 Å². The zero-order valence-electron chi connectivity index (χ0n) is 41.4. The van der Waals surface area contributed by atoms with E-state index in [0.29, 0.717) is 55.7 Å². The van der Waals surface area contributed by atoms with Crippen LogP contribution in [0.1, 0.15) is 200 Å². The largest absolute Gasteiger partial charge is 0.233 e. The van der Waals surface area contributed by atoms with E-state index in [1.54, 1.807) is 0 Å². The van der Waals surface area contributed by atoms with E-state index in [9.17, 15) is 0 Å². The molecule has 1 aromatic heterocycles. The highest BCUT2D eigenvalue weighted by molar-refractivity contribution is 6.91. The molecule has 0 N–H and O–H groups in total. The molecule has 2 aromatic rings. The van der Waals surface area contributed by atoms with Crippen molar-refractivity contribution in [3.05, 3.63) is 33.6 Å². The Morgan fingerprint density at radius 1 is 0.328 bits per heavy atom. The number of rotatable bonds is 6. The molecule has 0 fully saturated rings. The summed E-state index contributed by atoms with van der Waals surface area (Å²) in [6.07, 6.45) is 0. The normalized spacial score (nSPS) is 12.6. The minimum Gasteiger partial charge on any atom is -0.233 e. The van der Waals surface area contributed by atoms with Crippen LogP contribution in [0.15, 0.2) is 0 Å². The Bertz CT molecular complexity index is 2010. The van der Waals surface area contributed by atoms with Crippen LogP contribution in [0.3, 0.4) is 0 Å². The van der Waals surface area contributed by atoms with Crippen molar-refractivity contribution >= 4 is 27.2 Å². The van der Waals surface area contributed by atoms with Gasteiger partial charge in [0, 0.05) is 21.7 Å². The number of fused-ring (bicyclic) bond motifs is 1. The lowest BCUT2D eigenvalue weighted by Gasteiger charge is -2.38. The SMILES string of the molecule is CC(C)[Si](C#Cc1nc2c(C#CC(C)(C)C)c(C#CC(C)(C)C)c(C#CC(C)(C)C)c(C#CC(C)(C)C)c2nc1C#C[Si](C(C)C)(C(C)C)C(C)C)(C(C)C)C(C)C. The molecule has 0 spiro atoms. The summed E-state index contributed by atoms with van der Waals surface area (Å²) in [5, 5.41) is 0. The van der Waals surface area contributed by atoms with Gasteiger partial charge in [0.05, 0.1) is 22.3 Å². The van der Waals surface area contributed by atoms with Gasteiger partial charge in [0.25, 0.3) is 0 Å². The first-order chi connectivity index (χ1) is 26.2. The van der Waals surface area contributed by atoms with Crippen molar-refractivity contribution in [3.8, 4) is 70.3 Å². The molecule has 1 aromatic carbocycles. The van der Waals surface area contributed by atoms with Crippen LogP contribution in [0.25, 0.3) is 11.0 Å². The summed E-state index contributed by atoms with van der Waals surface area (Å²) >= 11 is 0. The molecule has 0 bridgehead atoms. The summed E-state index contributed by atoms with van der Waals surface area (Å²) in [6.45, 7) is 53.7. The number of benzene rings is 1. The zero-order valence-corrected chi connectivity index (χ0v) is 43.4. The highest BCUT2D eigenvalue weighted by Crippen LogP contribution is 2.42. The van der Waals surface area contributed by atoms with E-state index in [4.69, 9.17) is 9.97 Å².